The van der Waals surface area contributed by atoms with Gasteiger partial charge in [-0.3, -0.25) is 0 Å². The highest BCUT2D eigenvalue weighted by Crippen LogP contribution is 2.38. The number of rotatable bonds is 2. The molecule has 0 aliphatic heterocycles. The SMILES string of the molecule is CC(C)c1cccc(-c2ccccc2)c1C(C)(C)C. The Morgan fingerprint density at radius 2 is 1.42 bits per heavy atom. The summed E-state index contributed by atoms with van der Waals surface area (Å²) >= 11 is 0. The lowest BCUT2D eigenvalue weighted by molar-refractivity contribution is 0.579. The van der Waals surface area contributed by atoms with Gasteiger partial charge in [0, 0.05) is 0 Å². The quantitative estimate of drug-likeness (QED) is 0.636. The molecule has 0 atom stereocenters. The van der Waals surface area contributed by atoms with Crippen molar-refractivity contribution >= 4 is 0 Å². The third-order valence-corrected chi connectivity index (χ3v) is 3.55. The third kappa shape index (κ3) is 2.89. The van der Waals surface area contributed by atoms with Crippen LogP contribution in [-0.4, -0.2) is 0 Å². The Morgan fingerprint density at radius 1 is 0.789 bits per heavy atom. The van der Waals surface area contributed by atoms with E-state index in [1.54, 1.807) is 0 Å². The highest BCUT2D eigenvalue weighted by Gasteiger charge is 2.23. The molecular formula is C19H24. The second kappa shape index (κ2) is 5.21. The van der Waals surface area contributed by atoms with E-state index in [0.717, 1.165) is 0 Å². The van der Waals surface area contributed by atoms with Gasteiger partial charge in [-0.15, -0.1) is 0 Å². The van der Waals surface area contributed by atoms with Crippen molar-refractivity contribution in [3.05, 3.63) is 59.7 Å². The maximum atomic E-state index is 2.31. The fourth-order valence-corrected chi connectivity index (χ4v) is 2.75. The van der Waals surface area contributed by atoms with Crippen molar-refractivity contribution in [2.24, 2.45) is 0 Å². The molecule has 0 aliphatic rings. The van der Waals surface area contributed by atoms with Crippen LogP contribution < -0.4 is 0 Å². The monoisotopic (exact) mass is 252 g/mol. The lowest BCUT2D eigenvalue weighted by Crippen LogP contribution is -2.16. The third-order valence-electron chi connectivity index (χ3n) is 3.55. The zero-order chi connectivity index (χ0) is 14.0. The Morgan fingerprint density at radius 3 is 1.95 bits per heavy atom. The van der Waals surface area contributed by atoms with Gasteiger partial charge < -0.3 is 0 Å². The van der Waals surface area contributed by atoms with E-state index in [4.69, 9.17) is 0 Å². The lowest BCUT2D eigenvalue weighted by Gasteiger charge is -2.28. The minimum absolute atomic E-state index is 0.159. The van der Waals surface area contributed by atoms with Crippen LogP contribution in [0.4, 0.5) is 0 Å². The van der Waals surface area contributed by atoms with Gasteiger partial charge in [0.1, 0.15) is 0 Å². The van der Waals surface area contributed by atoms with Crippen molar-refractivity contribution in [3.8, 4) is 11.1 Å². The smallest absolute Gasteiger partial charge is 0.0123 e. The zero-order valence-corrected chi connectivity index (χ0v) is 12.7. The first-order valence-corrected chi connectivity index (χ1v) is 7.10. The van der Waals surface area contributed by atoms with Gasteiger partial charge in [0.05, 0.1) is 0 Å². The summed E-state index contributed by atoms with van der Waals surface area (Å²) in [4.78, 5) is 0. The molecule has 0 radical (unpaired) electrons. The van der Waals surface area contributed by atoms with Crippen LogP contribution in [0.1, 0.15) is 51.7 Å². The number of hydrogen-bond donors (Lipinski definition) is 0. The van der Waals surface area contributed by atoms with Gasteiger partial charge in [-0.05, 0) is 33.6 Å². The van der Waals surface area contributed by atoms with Crippen molar-refractivity contribution in [2.75, 3.05) is 0 Å². The molecule has 0 N–H and O–H groups in total. The first-order chi connectivity index (χ1) is 8.91. The molecule has 0 nitrogen and oxygen atoms in total. The van der Waals surface area contributed by atoms with Gasteiger partial charge in [-0.25, -0.2) is 0 Å². The highest BCUT2D eigenvalue weighted by molar-refractivity contribution is 5.70. The number of hydrogen-bond acceptors (Lipinski definition) is 0. The normalized spacial score (nSPS) is 11.9. The predicted octanol–water partition coefficient (Wildman–Crippen LogP) is 5.77. The topological polar surface area (TPSA) is 0 Å². The molecule has 2 aromatic rings. The van der Waals surface area contributed by atoms with E-state index >= 15 is 0 Å². The van der Waals surface area contributed by atoms with Crippen LogP contribution in [0.2, 0.25) is 0 Å². The minimum atomic E-state index is 0.159. The van der Waals surface area contributed by atoms with Crippen molar-refractivity contribution in [2.45, 2.75) is 46.0 Å². The van der Waals surface area contributed by atoms with Crippen LogP contribution in [0, 0.1) is 0 Å². The van der Waals surface area contributed by atoms with Crippen LogP contribution >= 0.6 is 0 Å². The lowest BCUT2D eigenvalue weighted by atomic mass is 9.76. The molecule has 0 heterocycles. The fourth-order valence-electron chi connectivity index (χ4n) is 2.75. The van der Waals surface area contributed by atoms with Gasteiger partial charge in [-0.2, -0.15) is 0 Å². The van der Waals surface area contributed by atoms with Gasteiger partial charge in [-0.1, -0.05) is 83.1 Å². The van der Waals surface area contributed by atoms with Gasteiger partial charge in [0.15, 0.2) is 0 Å². The van der Waals surface area contributed by atoms with E-state index in [1.165, 1.54) is 22.3 Å². The summed E-state index contributed by atoms with van der Waals surface area (Å²) in [6, 6.07) is 17.4. The standard InChI is InChI=1S/C19H24/c1-14(2)16-12-9-13-17(18(16)19(3,4)5)15-10-7-6-8-11-15/h6-14H,1-5H3. The Hall–Kier alpha value is -1.56. The van der Waals surface area contributed by atoms with Gasteiger partial charge in [0.25, 0.3) is 0 Å². The summed E-state index contributed by atoms with van der Waals surface area (Å²) < 4.78 is 0. The van der Waals surface area contributed by atoms with E-state index in [9.17, 15) is 0 Å². The molecule has 0 spiro atoms. The second-order valence-corrected chi connectivity index (χ2v) is 6.54. The summed E-state index contributed by atoms with van der Waals surface area (Å²) in [6.45, 7) is 11.5. The number of benzene rings is 2. The molecule has 2 rings (SSSR count). The molecule has 0 saturated carbocycles. The molecular weight excluding hydrogens is 228 g/mol. The van der Waals surface area contributed by atoms with E-state index in [1.807, 2.05) is 0 Å². The summed E-state index contributed by atoms with van der Waals surface area (Å²) in [5.41, 5.74) is 5.80. The molecule has 0 unspecified atom stereocenters. The zero-order valence-electron chi connectivity index (χ0n) is 12.7. The molecule has 0 heteroatoms. The van der Waals surface area contributed by atoms with Gasteiger partial charge >= 0.3 is 0 Å². The Balaban J connectivity index is 2.72. The molecule has 0 saturated heterocycles. The van der Waals surface area contributed by atoms with Crippen LogP contribution in [0.15, 0.2) is 48.5 Å². The first-order valence-electron chi connectivity index (χ1n) is 7.10. The average molecular weight is 252 g/mol. The second-order valence-electron chi connectivity index (χ2n) is 6.54. The first kappa shape index (κ1) is 13.9. The maximum Gasteiger partial charge on any atom is -0.0123 e. The van der Waals surface area contributed by atoms with E-state index in [-0.39, 0.29) is 5.41 Å². The molecule has 0 aromatic heterocycles. The van der Waals surface area contributed by atoms with Crippen molar-refractivity contribution in [3.63, 3.8) is 0 Å². The molecule has 2 aromatic carbocycles. The van der Waals surface area contributed by atoms with Crippen LogP contribution in [0.3, 0.4) is 0 Å². The molecule has 0 aliphatic carbocycles. The van der Waals surface area contributed by atoms with Crippen LogP contribution in [0.25, 0.3) is 11.1 Å². The summed E-state index contributed by atoms with van der Waals surface area (Å²) in [5.74, 6) is 0.554. The van der Waals surface area contributed by atoms with Gasteiger partial charge in [0.2, 0.25) is 0 Å². The Kier molecular flexibility index (Phi) is 3.80. The van der Waals surface area contributed by atoms with E-state index in [2.05, 4.69) is 83.1 Å². The maximum absolute atomic E-state index is 2.31. The molecule has 0 fully saturated rings. The fraction of sp³-hybridized carbons (Fsp3) is 0.368. The van der Waals surface area contributed by atoms with E-state index < -0.39 is 0 Å². The molecule has 0 bridgehead atoms. The van der Waals surface area contributed by atoms with Crippen molar-refractivity contribution in [1.82, 2.24) is 0 Å². The molecule has 19 heavy (non-hydrogen) atoms. The summed E-state index contributed by atoms with van der Waals surface area (Å²) in [5, 5.41) is 0. The van der Waals surface area contributed by atoms with Crippen molar-refractivity contribution < 1.29 is 0 Å². The Labute approximate surface area is 117 Å². The van der Waals surface area contributed by atoms with E-state index in [0.29, 0.717) is 5.92 Å². The predicted molar refractivity (Wildman–Crippen MR) is 84.7 cm³/mol. The Bertz CT molecular complexity index is 542. The molecule has 0 amide bonds. The minimum Gasteiger partial charge on any atom is -0.0622 e. The van der Waals surface area contributed by atoms with Crippen LogP contribution in [0.5, 0.6) is 0 Å². The van der Waals surface area contributed by atoms with Crippen molar-refractivity contribution in [1.29, 1.82) is 0 Å². The highest BCUT2D eigenvalue weighted by atomic mass is 14.3. The molecule has 100 valence electrons. The summed E-state index contributed by atoms with van der Waals surface area (Å²) in [7, 11) is 0. The van der Waals surface area contributed by atoms with Crippen LogP contribution in [-0.2, 0) is 5.41 Å². The average Bonchev–Trinajstić information content (AvgIpc) is 2.38. The largest absolute Gasteiger partial charge is 0.0622 e. The summed E-state index contributed by atoms with van der Waals surface area (Å²) in [6.07, 6.45) is 0.